The quantitative estimate of drug-likeness (QED) is 0.810. The maximum absolute atomic E-state index is 10.6. The van der Waals surface area contributed by atoms with Crippen LogP contribution in [0.3, 0.4) is 0 Å². The average Bonchev–Trinajstić information content (AvgIpc) is 2.20. The smallest absolute Gasteiger partial charge is 0.303 e. The van der Waals surface area contributed by atoms with Crippen molar-refractivity contribution < 1.29 is 14.6 Å². The number of hydrogen-bond acceptors (Lipinski definition) is 3. The van der Waals surface area contributed by atoms with E-state index in [9.17, 15) is 4.79 Å². The molecule has 4 nitrogen and oxygen atoms in total. The van der Waals surface area contributed by atoms with Crippen LogP contribution in [0, 0.1) is 5.92 Å². The minimum Gasteiger partial charge on any atom is -0.481 e. The van der Waals surface area contributed by atoms with Crippen molar-refractivity contribution in [2.24, 2.45) is 5.92 Å². The Labute approximate surface area is 102 Å². The van der Waals surface area contributed by atoms with Crippen molar-refractivity contribution in [3.8, 4) is 0 Å². The molecule has 2 aliphatic heterocycles. The van der Waals surface area contributed by atoms with Gasteiger partial charge in [0.15, 0.2) is 0 Å². The van der Waals surface area contributed by atoms with E-state index in [-0.39, 0.29) is 5.60 Å². The Morgan fingerprint density at radius 1 is 1.41 bits per heavy atom. The van der Waals surface area contributed by atoms with Crippen LogP contribution in [0.4, 0.5) is 0 Å². The number of rotatable bonds is 3. The third kappa shape index (κ3) is 2.20. The molecule has 1 spiro atoms. The van der Waals surface area contributed by atoms with Gasteiger partial charge in [-0.25, -0.2) is 0 Å². The molecular formula is C13H21NO3. The van der Waals surface area contributed by atoms with Gasteiger partial charge in [-0.2, -0.15) is 0 Å². The summed E-state index contributed by atoms with van der Waals surface area (Å²) in [5.74, 6) is -0.273. The Morgan fingerprint density at radius 2 is 2.18 bits per heavy atom. The largest absolute Gasteiger partial charge is 0.481 e. The molecule has 3 fully saturated rings. The first-order valence-corrected chi connectivity index (χ1v) is 6.77. The number of ether oxygens (including phenoxy) is 1. The minimum atomic E-state index is -0.655. The van der Waals surface area contributed by atoms with E-state index in [1.54, 1.807) is 0 Å². The van der Waals surface area contributed by atoms with Crippen molar-refractivity contribution in [2.75, 3.05) is 19.7 Å². The molecular weight excluding hydrogens is 218 g/mol. The fraction of sp³-hybridized carbons (Fsp3) is 0.923. The standard InChI is InChI=1S/C13H21NO3/c15-12(16)6-10-8-14(9-10)11-2-5-17-13(7-11)3-1-4-13/h10-11H,1-9H2,(H,15,16). The van der Waals surface area contributed by atoms with Gasteiger partial charge in [0.05, 0.1) is 12.0 Å². The molecule has 0 aromatic carbocycles. The van der Waals surface area contributed by atoms with Gasteiger partial charge in [0.1, 0.15) is 0 Å². The molecule has 3 aliphatic rings. The van der Waals surface area contributed by atoms with Crippen molar-refractivity contribution in [3.05, 3.63) is 0 Å². The van der Waals surface area contributed by atoms with Gasteiger partial charge in [0, 0.05) is 25.7 Å². The Kier molecular flexibility index (Phi) is 2.87. The number of carboxylic acid groups (broad SMARTS) is 1. The molecule has 0 radical (unpaired) electrons. The molecule has 96 valence electrons. The van der Waals surface area contributed by atoms with Gasteiger partial charge in [-0.1, -0.05) is 0 Å². The van der Waals surface area contributed by atoms with Crippen molar-refractivity contribution in [2.45, 2.75) is 50.2 Å². The maximum Gasteiger partial charge on any atom is 0.303 e. The van der Waals surface area contributed by atoms with E-state index in [0.29, 0.717) is 18.4 Å². The van der Waals surface area contributed by atoms with E-state index < -0.39 is 5.97 Å². The zero-order chi connectivity index (χ0) is 11.9. The van der Waals surface area contributed by atoms with Gasteiger partial charge >= 0.3 is 5.97 Å². The molecule has 0 aromatic rings. The van der Waals surface area contributed by atoms with Crippen LogP contribution in [0.1, 0.15) is 38.5 Å². The van der Waals surface area contributed by atoms with Gasteiger partial charge in [0.25, 0.3) is 0 Å². The molecule has 4 heteroatoms. The predicted molar refractivity (Wildman–Crippen MR) is 62.9 cm³/mol. The zero-order valence-electron chi connectivity index (χ0n) is 10.2. The molecule has 0 bridgehead atoms. The van der Waals surface area contributed by atoms with Crippen LogP contribution >= 0.6 is 0 Å². The molecule has 1 unspecified atom stereocenters. The monoisotopic (exact) mass is 239 g/mol. The Balaban J connectivity index is 1.48. The van der Waals surface area contributed by atoms with Crippen LogP contribution in [0.25, 0.3) is 0 Å². The summed E-state index contributed by atoms with van der Waals surface area (Å²) in [7, 11) is 0. The molecule has 0 aromatic heterocycles. The first-order chi connectivity index (χ1) is 8.17. The zero-order valence-corrected chi connectivity index (χ0v) is 10.2. The number of carboxylic acids is 1. The van der Waals surface area contributed by atoms with Crippen LogP contribution in [0.2, 0.25) is 0 Å². The number of likely N-dealkylation sites (tertiary alicyclic amines) is 1. The Hall–Kier alpha value is -0.610. The lowest BCUT2D eigenvalue weighted by Gasteiger charge is -2.53. The summed E-state index contributed by atoms with van der Waals surface area (Å²) in [6.45, 7) is 2.85. The lowest BCUT2D eigenvalue weighted by molar-refractivity contribution is -0.160. The highest BCUT2D eigenvalue weighted by Gasteiger charge is 2.45. The lowest BCUT2D eigenvalue weighted by Crippen LogP contribution is -2.58. The van der Waals surface area contributed by atoms with E-state index in [2.05, 4.69) is 4.90 Å². The van der Waals surface area contributed by atoms with E-state index >= 15 is 0 Å². The summed E-state index contributed by atoms with van der Waals surface area (Å²) in [5, 5.41) is 8.74. The molecule has 1 N–H and O–H groups in total. The molecule has 1 atom stereocenters. The van der Waals surface area contributed by atoms with Crippen molar-refractivity contribution in [3.63, 3.8) is 0 Å². The van der Waals surface area contributed by atoms with Crippen molar-refractivity contribution in [1.82, 2.24) is 4.90 Å². The van der Waals surface area contributed by atoms with Crippen LogP contribution in [-0.4, -0.2) is 47.3 Å². The first-order valence-electron chi connectivity index (χ1n) is 6.77. The average molecular weight is 239 g/mol. The summed E-state index contributed by atoms with van der Waals surface area (Å²) in [4.78, 5) is 13.1. The minimum absolute atomic E-state index is 0.209. The maximum atomic E-state index is 10.6. The fourth-order valence-electron chi connectivity index (χ4n) is 3.52. The molecule has 3 rings (SSSR count). The first kappa shape index (κ1) is 11.5. The van der Waals surface area contributed by atoms with Gasteiger partial charge in [-0.3, -0.25) is 9.69 Å². The molecule has 1 aliphatic carbocycles. The molecule has 2 saturated heterocycles. The van der Waals surface area contributed by atoms with E-state index in [1.165, 1.54) is 25.7 Å². The number of carbonyl (C=O) groups is 1. The molecule has 1 saturated carbocycles. The van der Waals surface area contributed by atoms with Crippen LogP contribution < -0.4 is 0 Å². The fourth-order valence-corrected chi connectivity index (χ4v) is 3.52. The van der Waals surface area contributed by atoms with Crippen molar-refractivity contribution >= 4 is 5.97 Å². The highest BCUT2D eigenvalue weighted by Crippen LogP contribution is 2.44. The van der Waals surface area contributed by atoms with Gasteiger partial charge in [-0.15, -0.1) is 0 Å². The summed E-state index contributed by atoms with van der Waals surface area (Å²) in [6, 6.07) is 0.647. The normalized spacial score (nSPS) is 33.1. The SMILES string of the molecule is O=C(O)CC1CN(C2CCOC3(CCC3)C2)C1. The van der Waals surface area contributed by atoms with Gasteiger partial charge < -0.3 is 9.84 Å². The second-order valence-corrected chi connectivity index (χ2v) is 5.95. The summed E-state index contributed by atoms with van der Waals surface area (Å²) in [5.41, 5.74) is 0.209. The van der Waals surface area contributed by atoms with Crippen molar-refractivity contribution in [1.29, 1.82) is 0 Å². The number of nitrogens with zero attached hydrogens (tertiary/aromatic N) is 1. The summed E-state index contributed by atoms with van der Waals surface area (Å²) >= 11 is 0. The second kappa shape index (κ2) is 4.25. The third-order valence-electron chi connectivity index (χ3n) is 4.70. The molecule has 17 heavy (non-hydrogen) atoms. The van der Waals surface area contributed by atoms with Gasteiger partial charge in [0.2, 0.25) is 0 Å². The van der Waals surface area contributed by atoms with E-state index in [1.807, 2.05) is 0 Å². The van der Waals surface area contributed by atoms with Crippen LogP contribution in [0.15, 0.2) is 0 Å². The lowest BCUT2D eigenvalue weighted by atomic mass is 9.73. The van der Waals surface area contributed by atoms with Gasteiger partial charge in [-0.05, 0) is 38.0 Å². The Morgan fingerprint density at radius 3 is 2.76 bits per heavy atom. The highest BCUT2D eigenvalue weighted by molar-refractivity contribution is 5.67. The van der Waals surface area contributed by atoms with Crippen LogP contribution in [-0.2, 0) is 9.53 Å². The highest BCUT2D eigenvalue weighted by atomic mass is 16.5. The number of aliphatic carboxylic acids is 1. The topological polar surface area (TPSA) is 49.8 Å². The predicted octanol–water partition coefficient (Wildman–Crippen LogP) is 1.49. The summed E-state index contributed by atoms with van der Waals surface area (Å²) in [6.07, 6.45) is 6.42. The van der Waals surface area contributed by atoms with E-state index in [0.717, 1.165) is 26.1 Å². The number of hydrogen-bond donors (Lipinski definition) is 1. The van der Waals surface area contributed by atoms with E-state index in [4.69, 9.17) is 9.84 Å². The summed E-state index contributed by atoms with van der Waals surface area (Å²) < 4.78 is 5.92. The second-order valence-electron chi connectivity index (χ2n) is 5.95. The molecule has 2 heterocycles. The third-order valence-corrected chi connectivity index (χ3v) is 4.70. The van der Waals surface area contributed by atoms with Crippen LogP contribution in [0.5, 0.6) is 0 Å². The Bertz CT molecular complexity index is 308. The molecule has 0 amide bonds.